The predicted octanol–water partition coefficient (Wildman–Crippen LogP) is 16.1. The van der Waals surface area contributed by atoms with Crippen molar-refractivity contribution in [3.63, 3.8) is 0 Å². The Bertz CT molecular complexity index is 3230. The lowest BCUT2D eigenvalue weighted by molar-refractivity contribution is 0.359. The monoisotopic (exact) mass is 880 g/mol. The zero-order valence-electron chi connectivity index (χ0n) is 38.2. The fraction of sp³-hybridized carbons (Fsp3) is 0.0781. The van der Waals surface area contributed by atoms with E-state index in [2.05, 4.69) is 164 Å². The van der Waals surface area contributed by atoms with E-state index in [0.29, 0.717) is 18.0 Å². The molecule has 3 aliphatic rings. The number of hydrogen-bond acceptors (Lipinski definition) is 3. The molecule has 1 aliphatic heterocycles. The highest BCUT2D eigenvalue weighted by molar-refractivity contribution is 6.01. The molecule has 1 heterocycles. The molecule has 0 saturated carbocycles. The summed E-state index contributed by atoms with van der Waals surface area (Å²) in [5.74, 6) is 3.40. The fourth-order valence-electron chi connectivity index (χ4n) is 9.83. The maximum atomic E-state index is 7.21. The lowest BCUT2D eigenvalue weighted by atomic mass is 9.66. The topological polar surface area (TPSA) is 56.8 Å². The van der Waals surface area contributed by atoms with Crippen molar-refractivity contribution in [2.45, 2.75) is 31.6 Å². The fourth-order valence-corrected chi connectivity index (χ4v) is 9.83. The largest absolute Gasteiger partial charge is 0.449 e. The van der Waals surface area contributed by atoms with E-state index in [4.69, 9.17) is 20.2 Å². The van der Waals surface area contributed by atoms with Crippen molar-refractivity contribution in [2.75, 3.05) is 0 Å². The molecule has 2 aliphatic carbocycles. The number of nitrogens with two attached hydrogens (primary N) is 1. The lowest BCUT2D eigenvalue weighted by Gasteiger charge is -2.35. The van der Waals surface area contributed by atoms with Gasteiger partial charge in [0, 0.05) is 16.7 Å². The number of para-hydroxylation sites is 1. The van der Waals surface area contributed by atoms with Gasteiger partial charge in [0.25, 0.3) is 0 Å². The van der Waals surface area contributed by atoms with E-state index in [-0.39, 0.29) is 0 Å². The third-order valence-corrected chi connectivity index (χ3v) is 12.9. The molecule has 0 fully saturated rings. The molecule has 2 N–H and O–H groups in total. The van der Waals surface area contributed by atoms with Gasteiger partial charge in [-0.05, 0) is 100 Å². The number of amidine groups is 1. The first kappa shape index (κ1) is 43.4. The van der Waals surface area contributed by atoms with Gasteiger partial charge in [-0.3, -0.25) is 0 Å². The second-order valence-corrected chi connectivity index (χ2v) is 17.0. The molecule has 330 valence electrons. The molecule has 11 rings (SSSR count). The lowest BCUT2D eigenvalue weighted by Crippen LogP contribution is -2.29. The molecule has 0 amide bonds. The Kier molecular flexibility index (Phi) is 12.5. The molecular formula is C64H52N2O2. The zero-order valence-corrected chi connectivity index (χ0v) is 38.2. The molecule has 8 aromatic carbocycles. The standard InChI is InChI=1S/C59H44N2O2.C5H8/c60-58(45-25-16-23-43(39-45)41-19-5-1-6-20-41)61-52(42-21-7-2-8-22-42)36-34-40-18-15-24-44(38-40)48-31-17-33-53-56(48)63-57-54(62-53)37-35-51-55(57)49-30-13-14-32-50(49)59(51,46-26-9-3-10-27-46)47-28-11-4-12-29-47;1-3-5-4-2/h1-12,14-29,31-33,35-39H,13,30,34H2,(H2,60,61);3-5H,1H2,2H3/b52-36-;5-4-. The van der Waals surface area contributed by atoms with Gasteiger partial charge < -0.3 is 15.2 Å². The molecule has 0 saturated heterocycles. The van der Waals surface area contributed by atoms with Crippen LogP contribution in [0.4, 0.5) is 0 Å². The van der Waals surface area contributed by atoms with E-state index in [1.807, 2.05) is 79.7 Å². The SMILES string of the molecule is C=C/C=C\C.NC(=N/C(=C\Cc1cccc(-c2cccc3c2Oc2c(ccc4c2C2=C(C=CCC2)C4(c2ccccc2)c2ccccc2)O3)c1)c1ccccc1)c1cccc(-c2ccccc2)c1. The average molecular weight is 881 g/mol. The van der Waals surface area contributed by atoms with E-state index in [0.717, 1.165) is 80.3 Å². The van der Waals surface area contributed by atoms with E-state index in [1.54, 1.807) is 6.08 Å². The van der Waals surface area contributed by atoms with E-state index < -0.39 is 5.41 Å². The van der Waals surface area contributed by atoms with Crippen LogP contribution in [0, 0.1) is 0 Å². The first-order chi connectivity index (χ1) is 33.6. The number of nitrogens with zero attached hydrogens (tertiary/aromatic N) is 1. The van der Waals surface area contributed by atoms with Crippen molar-refractivity contribution < 1.29 is 9.47 Å². The Morgan fingerprint density at radius 3 is 1.97 bits per heavy atom. The highest BCUT2D eigenvalue weighted by Gasteiger charge is 2.49. The van der Waals surface area contributed by atoms with Crippen LogP contribution in [0.25, 0.3) is 33.5 Å². The number of rotatable bonds is 10. The zero-order chi connectivity index (χ0) is 46.3. The van der Waals surface area contributed by atoms with Crippen molar-refractivity contribution in [1.29, 1.82) is 0 Å². The van der Waals surface area contributed by atoms with Crippen LogP contribution in [0.15, 0.2) is 254 Å². The maximum absolute atomic E-state index is 7.21. The summed E-state index contributed by atoms with van der Waals surface area (Å²) in [5.41, 5.74) is 21.8. The van der Waals surface area contributed by atoms with E-state index >= 15 is 0 Å². The van der Waals surface area contributed by atoms with Gasteiger partial charge in [-0.25, -0.2) is 4.99 Å². The Hall–Kier alpha value is -8.47. The number of ether oxygens (including phenoxy) is 2. The predicted molar refractivity (Wildman–Crippen MR) is 282 cm³/mol. The minimum atomic E-state index is -0.496. The second-order valence-electron chi connectivity index (χ2n) is 17.0. The van der Waals surface area contributed by atoms with Crippen molar-refractivity contribution >= 4 is 17.1 Å². The normalized spacial score (nSPS) is 14.4. The quantitative estimate of drug-likeness (QED) is 0.0846. The molecule has 4 nitrogen and oxygen atoms in total. The van der Waals surface area contributed by atoms with Crippen LogP contribution < -0.4 is 15.2 Å². The van der Waals surface area contributed by atoms with E-state index in [1.165, 1.54) is 27.8 Å². The van der Waals surface area contributed by atoms with Crippen LogP contribution >= 0.6 is 0 Å². The molecule has 8 aromatic rings. The van der Waals surface area contributed by atoms with Gasteiger partial charge in [0.2, 0.25) is 0 Å². The number of fused-ring (bicyclic) bond motifs is 5. The first-order valence-corrected chi connectivity index (χ1v) is 23.3. The van der Waals surface area contributed by atoms with Crippen molar-refractivity contribution in [2.24, 2.45) is 10.7 Å². The highest BCUT2D eigenvalue weighted by Crippen LogP contribution is 2.62. The maximum Gasteiger partial charge on any atom is 0.178 e. The van der Waals surface area contributed by atoms with Gasteiger partial charge in [-0.1, -0.05) is 225 Å². The van der Waals surface area contributed by atoms with Crippen LogP contribution in [0.5, 0.6) is 23.0 Å². The van der Waals surface area contributed by atoms with Gasteiger partial charge in [-0.2, -0.15) is 0 Å². The first-order valence-electron chi connectivity index (χ1n) is 23.3. The van der Waals surface area contributed by atoms with Gasteiger partial charge >= 0.3 is 0 Å². The van der Waals surface area contributed by atoms with Crippen LogP contribution in [0.1, 0.15) is 58.7 Å². The second kappa shape index (κ2) is 19.6. The minimum Gasteiger partial charge on any atom is -0.449 e. The summed E-state index contributed by atoms with van der Waals surface area (Å²) in [6.45, 7) is 5.42. The molecule has 0 unspecified atom stereocenters. The molecule has 0 bridgehead atoms. The Balaban J connectivity index is 0.00000103. The summed E-state index contributed by atoms with van der Waals surface area (Å²) in [4.78, 5) is 5.04. The third-order valence-electron chi connectivity index (χ3n) is 12.9. The Labute approximate surface area is 400 Å². The summed E-state index contributed by atoms with van der Waals surface area (Å²) in [6, 6.07) is 69.8. The number of allylic oxidation sites excluding steroid dienone is 8. The van der Waals surface area contributed by atoms with Gasteiger partial charge in [0.05, 0.1) is 11.1 Å². The Morgan fingerprint density at radius 2 is 1.26 bits per heavy atom. The number of hydrogen-bond donors (Lipinski definition) is 1. The average Bonchev–Trinajstić information content (AvgIpc) is 3.72. The summed E-state index contributed by atoms with van der Waals surface area (Å²) in [6.07, 6.45) is 14.9. The number of benzene rings is 8. The highest BCUT2D eigenvalue weighted by atomic mass is 16.6. The summed E-state index contributed by atoms with van der Waals surface area (Å²) in [5, 5.41) is 0. The molecule has 0 aromatic heterocycles. The molecule has 68 heavy (non-hydrogen) atoms. The van der Waals surface area contributed by atoms with Crippen LogP contribution in [-0.4, -0.2) is 5.84 Å². The minimum absolute atomic E-state index is 0.466. The molecule has 0 atom stereocenters. The van der Waals surface area contributed by atoms with Crippen LogP contribution in [-0.2, 0) is 11.8 Å². The van der Waals surface area contributed by atoms with Crippen LogP contribution in [0.3, 0.4) is 0 Å². The van der Waals surface area contributed by atoms with Crippen LogP contribution in [0.2, 0.25) is 0 Å². The summed E-state index contributed by atoms with van der Waals surface area (Å²) >= 11 is 0. The van der Waals surface area contributed by atoms with Gasteiger partial charge in [0.1, 0.15) is 5.84 Å². The van der Waals surface area contributed by atoms with E-state index in [9.17, 15) is 0 Å². The van der Waals surface area contributed by atoms with Gasteiger partial charge in [0.15, 0.2) is 23.0 Å². The van der Waals surface area contributed by atoms with Gasteiger partial charge in [-0.15, -0.1) is 0 Å². The Morgan fingerprint density at radius 1 is 0.632 bits per heavy atom. The summed E-state index contributed by atoms with van der Waals surface area (Å²) in [7, 11) is 0. The third kappa shape index (κ3) is 8.33. The van der Waals surface area contributed by atoms with Crippen molar-refractivity contribution in [3.05, 3.63) is 288 Å². The molecule has 0 radical (unpaired) electrons. The summed E-state index contributed by atoms with van der Waals surface area (Å²) < 4.78 is 14.0. The smallest absolute Gasteiger partial charge is 0.178 e. The molecular weight excluding hydrogens is 829 g/mol. The van der Waals surface area contributed by atoms with Crippen molar-refractivity contribution in [3.8, 4) is 45.3 Å². The molecule has 0 spiro atoms. The molecule has 4 heteroatoms. The number of aliphatic imine (C=N–C) groups is 1. The van der Waals surface area contributed by atoms with Crippen molar-refractivity contribution in [1.82, 2.24) is 0 Å².